The van der Waals surface area contributed by atoms with E-state index in [0.717, 1.165) is 0 Å². The Morgan fingerprint density at radius 1 is 1.00 bits per heavy atom. The van der Waals surface area contributed by atoms with Gasteiger partial charge in [-0.2, -0.15) is 0 Å². The Morgan fingerprint density at radius 3 is 2.00 bits per heavy atom. The van der Waals surface area contributed by atoms with Crippen molar-refractivity contribution in [2.24, 2.45) is 5.73 Å². The molecule has 1 aliphatic heterocycles. The molecule has 0 bridgehead atoms. The van der Waals surface area contributed by atoms with Gasteiger partial charge in [0.05, 0.1) is 29.7 Å². The minimum atomic E-state index is -0.860. The van der Waals surface area contributed by atoms with Crippen molar-refractivity contribution < 1.29 is 19.3 Å². The molecule has 7 heteroatoms. The van der Waals surface area contributed by atoms with Crippen LogP contribution in [0.3, 0.4) is 0 Å². The minimum Gasteiger partial charge on any atom is -0.364 e. The molecule has 1 fully saturated rings. The maximum atomic E-state index is 12.2. The zero-order valence-corrected chi connectivity index (χ0v) is 13.9. The van der Waals surface area contributed by atoms with E-state index in [4.69, 9.17) is 15.4 Å². The van der Waals surface area contributed by atoms with Gasteiger partial charge in [0, 0.05) is 0 Å². The van der Waals surface area contributed by atoms with Gasteiger partial charge in [-0.25, -0.2) is 9.59 Å². The third-order valence-corrected chi connectivity index (χ3v) is 3.63. The fraction of sp³-hybridized carbons (Fsp3) is 0.500. The first-order valence-electron chi connectivity index (χ1n) is 7.42. The van der Waals surface area contributed by atoms with Crippen LogP contribution in [0.15, 0.2) is 30.3 Å². The van der Waals surface area contributed by atoms with Gasteiger partial charge in [0.2, 0.25) is 0 Å². The van der Waals surface area contributed by atoms with Crippen molar-refractivity contribution in [1.82, 2.24) is 10.1 Å². The molecule has 23 heavy (non-hydrogen) atoms. The fourth-order valence-electron chi connectivity index (χ4n) is 3.01. The maximum Gasteiger partial charge on any atom is 0.423 e. The van der Waals surface area contributed by atoms with Gasteiger partial charge in [-0.05, 0) is 39.8 Å². The van der Waals surface area contributed by atoms with Gasteiger partial charge in [-0.15, -0.1) is 10.1 Å². The summed E-state index contributed by atoms with van der Waals surface area (Å²) in [5, 5.41) is 3.16. The average molecular weight is 321 g/mol. The molecule has 1 aromatic rings. The highest BCUT2D eigenvalue weighted by molar-refractivity contribution is 5.89. The molecule has 7 nitrogen and oxygen atoms in total. The van der Waals surface area contributed by atoms with Crippen molar-refractivity contribution in [2.45, 2.75) is 38.8 Å². The third-order valence-electron chi connectivity index (χ3n) is 3.63. The zero-order chi connectivity index (χ0) is 17.3. The van der Waals surface area contributed by atoms with E-state index >= 15 is 0 Å². The Balaban J connectivity index is 2.12. The largest absolute Gasteiger partial charge is 0.423 e. The van der Waals surface area contributed by atoms with E-state index in [9.17, 15) is 9.59 Å². The number of nitrogens with two attached hydrogens (primary N) is 1. The molecule has 1 aliphatic rings. The summed E-state index contributed by atoms with van der Waals surface area (Å²) in [6, 6.07) is 8.80. The summed E-state index contributed by atoms with van der Waals surface area (Å²) in [5.74, 6) is -0.415. The summed E-state index contributed by atoms with van der Waals surface area (Å²) in [4.78, 5) is 34.0. The summed E-state index contributed by atoms with van der Waals surface area (Å²) >= 11 is 0. The molecule has 0 atom stereocenters. The number of amides is 1. The van der Waals surface area contributed by atoms with Gasteiger partial charge in [0.25, 0.3) is 0 Å². The first-order valence-corrected chi connectivity index (χ1v) is 7.42. The predicted molar refractivity (Wildman–Crippen MR) is 84.1 cm³/mol. The number of rotatable bonds is 3. The fourth-order valence-corrected chi connectivity index (χ4v) is 3.01. The van der Waals surface area contributed by atoms with E-state index in [0.29, 0.717) is 18.7 Å². The van der Waals surface area contributed by atoms with Crippen LogP contribution in [0.4, 0.5) is 4.79 Å². The van der Waals surface area contributed by atoms with Crippen molar-refractivity contribution >= 4 is 12.1 Å². The second-order valence-electron chi connectivity index (χ2n) is 6.87. The number of carbonyl (C=O) groups excluding carboxylic acids is 2. The summed E-state index contributed by atoms with van der Waals surface area (Å²) in [7, 11) is 0. The van der Waals surface area contributed by atoms with E-state index in [1.807, 2.05) is 33.8 Å². The van der Waals surface area contributed by atoms with Crippen molar-refractivity contribution in [3.05, 3.63) is 35.9 Å². The predicted octanol–water partition coefficient (Wildman–Crippen LogP) is 1.94. The molecule has 2 rings (SSSR count). The smallest absolute Gasteiger partial charge is 0.364 e. The highest BCUT2D eigenvalue weighted by Gasteiger charge is 2.48. The van der Waals surface area contributed by atoms with Gasteiger partial charge in [-0.1, -0.05) is 18.2 Å². The van der Waals surface area contributed by atoms with Crippen LogP contribution in [0.1, 0.15) is 38.1 Å². The quantitative estimate of drug-likeness (QED) is 0.916. The zero-order valence-electron chi connectivity index (χ0n) is 13.9. The molecule has 1 aromatic carbocycles. The van der Waals surface area contributed by atoms with Crippen LogP contribution in [-0.2, 0) is 9.68 Å². The first kappa shape index (κ1) is 17.2. The van der Waals surface area contributed by atoms with Crippen molar-refractivity contribution in [3.8, 4) is 0 Å². The van der Waals surface area contributed by atoms with Gasteiger partial charge in [0.15, 0.2) is 0 Å². The van der Waals surface area contributed by atoms with Crippen LogP contribution in [0.5, 0.6) is 0 Å². The molecule has 0 unspecified atom stereocenters. The molecular formula is C16H23N3O4. The van der Waals surface area contributed by atoms with Gasteiger partial charge >= 0.3 is 12.1 Å². The molecule has 0 aliphatic carbocycles. The highest BCUT2D eigenvalue weighted by atomic mass is 16.7. The molecule has 126 valence electrons. The van der Waals surface area contributed by atoms with Gasteiger partial charge < -0.3 is 15.4 Å². The molecule has 1 amide bonds. The molecule has 0 radical (unpaired) electrons. The lowest BCUT2D eigenvalue weighted by molar-refractivity contribution is -0.288. The van der Waals surface area contributed by atoms with Crippen LogP contribution in [-0.4, -0.2) is 46.4 Å². The van der Waals surface area contributed by atoms with Crippen LogP contribution < -0.4 is 5.73 Å². The van der Waals surface area contributed by atoms with E-state index in [1.165, 1.54) is 0 Å². The summed E-state index contributed by atoms with van der Waals surface area (Å²) in [6.07, 6.45) is -0.860. The Morgan fingerprint density at radius 2 is 1.52 bits per heavy atom. The van der Waals surface area contributed by atoms with Crippen molar-refractivity contribution in [3.63, 3.8) is 0 Å². The van der Waals surface area contributed by atoms with Crippen LogP contribution in [0.2, 0.25) is 0 Å². The molecule has 1 heterocycles. The van der Waals surface area contributed by atoms with Gasteiger partial charge in [0.1, 0.15) is 0 Å². The van der Waals surface area contributed by atoms with Gasteiger partial charge in [-0.3, -0.25) is 0 Å². The number of carbonyl (C=O) groups is 2. The van der Waals surface area contributed by atoms with Crippen LogP contribution >= 0.6 is 0 Å². The Bertz CT molecular complexity index is 568. The Hall–Kier alpha value is -2.12. The molecule has 0 saturated carbocycles. The lowest BCUT2D eigenvalue weighted by Crippen LogP contribution is -2.68. The number of hydrogen-bond donors (Lipinski definition) is 1. The number of hydrogen-bond acceptors (Lipinski definition) is 6. The molecule has 0 spiro atoms. The summed E-state index contributed by atoms with van der Waals surface area (Å²) in [5.41, 5.74) is 4.49. The Kier molecular flexibility index (Phi) is 4.63. The molecular weight excluding hydrogens is 298 g/mol. The van der Waals surface area contributed by atoms with Crippen molar-refractivity contribution in [2.75, 3.05) is 13.1 Å². The number of hydroxylamine groups is 4. The topological polar surface area (TPSA) is 85.1 Å². The van der Waals surface area contributed by atoms with Crippen molar-refractivity contribution in [1.29, 1.82) is 0 Å². The number of primary amides is 1. The lowest BCUT2D eigenvalue weighted by Gasteiger charge is -2.52. The molecule has 2 N–H and O–H groups in total. The molecule has 1 saturated heterocycles. The van der Waals surface area contributed by atoms with E-state index in [2.05, 4.69) is 0 Å². The van der Waals surface area contributed by atoms with E-state index < -0.39 is 23.1 Å². The van der Waals surface area contributed by atoms with Crippen LogP contribution in [0.25, 0.3) is 0 Å². The first-order chi connectivity index (χ1) is 10.6. The average Bonchev–Trinajstić information content (AvgIpc) is 2.43. The van der Waals surface area contributed by atoms with E-state index in [1.54, 1.807) is 34.4 Å². The number of piperazine rings is 1. The number of nitrogens with zero attached hydrogens (tertiary/aromatic N) is 2. The second kappa shape index (κ2) is 6.17. The normalized spacial score (nSPS) is 20.7. The second-order valence-corrected chi connectivity index (χ2v) is 6.87. The Labute approximate surface area is 135 Å². The highest BCUT2D eigenvalue weighted by Crippen LogP contribution is 2.32. The summed E-state index contributed by atoms with van der Waals surface area (Å²) < 4.78 is 0. The summed E-state index contributed by atoms with van der Waals surface area (Å²) in [6.45, 7) is 8.31. The third kappa shape index (κ3) is 4.00. The van der Waals surface area contributed by atoms with Crippen LogP contribution in [0, 0.1) is 0 Å². The minimum absolute atomic E-state index is 0.377. The molecule has 0 aromatic heterocycles. The van der Waals surface area contributed by atoms with E-state index in [-0.39, 0.29) is 0 Å². The standard InChI is InChI=1S/C16H23N3O4/c1-15(2)10-18(11-16(3,4)19(15)23-14(17)21)22-13(20)12-8-6-5-7-9-12/h5-9H,10-11H2,1-4H3,(H2,17,21). The lowest BCUT2D eigenvalue weighted by atomic mass is 9.92. The maximum absolute atomic E-state index is 12.2. The number of benzene rings is 1. The SMILES string of the molecule is CC1(C)CN(OC(=O)c2ccccc2)CC(C)(C)N1OC(N)=O. The monoisotopic (exact) mass is 321 g/mol.